The van der Waals surface area contributed by atoms with E-state index in [1.54, 1.807) is 36.7 Å². The molecule has 3 N–H and O–H groups in total. The molecule has 0 atom stereocenters. The molecule has 0 aliphatic heterocycles. The number of anilines is 2. The van der Waals surface area contributed by atoms with Crippen molar-refractivity contribution in [2.24, 2.45) is 0 Å². The Kier molecular flexibility index (Phi) is 7.03. The number of methoxy groups -OCH3 is 1. The van der Waals surface area contributed by atoms with Crippen LogP contribution in [0.5, 0.6) is 5.75 Å². The highest BCUT2D eigenvalue weighted by Crippen LogP contribution is 2.46. The highest BCUT2D eigenvalue weighted by atomic mass is 35.5. The van der Waals surface area contributed by atoms with Crippen LogP contribution in [0.1, 0.15) is 21.5 Å². The number of nitrogens with one attached hydrogen (secondary N) is 1. The fourth-order valence-corrected chi connectivity index (χ4v) is 4.66. The van der Waals surface area contributed by atoms with Crippen LogP contribution in [0.25, 0.3) is 33.2 Å². The van der Waals surface area contributed by atoms with Crippen LogP contribution >= 0.6 is 11.6 Å². The van der Waals surface area contributed by atoms with Crippen LogP contribution in [-0.2, 0) is 6.18 Å². The second kappa shape index (κ2) is 10.5. The summed E-state index contributed by atoms with van der Waals surface area (Å²) in [5, 5.41) is 3.56. The van der Waals surface area contributed by atoms with E-state index in [0.717, 1.165) is 17.7 Å². The summed E-state index contributed by atoms with van der Waals surface area (Å²) in [6.45, 7) is 1.87. The first kappa shape index (κ1) is 26.9. The van der Waals surface area contributed by atoms with E-state index in [0.29, 0.717) is 43.9 Å². The summed E-state index contributed by atoms with van der Waals surface area (Å²) in [4.78, 5) is 25.8. The molecule has 0 bridgehead atoms. The Labute approximate surface area is 231 Å². The first-order valence-electron chi connectivity index (χ1n) is 11.9. The number of nitrogens with zero attached hydrogens (tertiary/aromatic N) is 3. The van der Waals surface area contributed by atoms with Crippen molar-refractivity contribution in [2.75, 3.05) is 18.2 Å². The quantitative estimate of drug-likeness (QED) is 0.235. The molecule has 1 amide bonds. The number of carbonyl (C=O) groups excluding carboxylic acids is 1. The number of nitrogen functional groups attached to an aromatic ring is 1. The summed E-state index contributed by atoms with van der Waals surface area (Å²) in [6.07, 6.45) is 0.143. The van der Waals surface area contributed by atoms with E-state index in [9.17, 15) is 18.0 Å². The van der Waals surface area contributed by atoms with E-state index >= 15 is 0 Å². The van der Waals surface area contributed by atoms with E-state index in [1.807, 2.05) is 13.0 Å². The Morgan fingerprint density at radius 1 is 1.02 bits per heavy atom. The maximum Gasteiger partial charge on any atom is 0.416 e. The highest BCUT2D eigenvalue weighted by molar-refractivity contribution is 6.33. The van der Waals surface area contributed by atoms with Gasteiger partial charge in [-0.3, -0.25) is 9.78 Å². The second-order valence-electron chi connectivity index (χ2n) is 8.92. The molecule has 0 aliphatic carbocycles. The summed E-state index contributed by atoms with van der Waals surface area (Å²) < 4.78 is 45.3. The number of aromatic nitrogens is 3. The molecule has 202 valence electrons. The lowest BCUT2D eigenvalue weighted by Gasteiger charge is -2.19. The third-order valence-corrected chi connectivity index (χ3v) is 6.63. The summed E-state index contributed by atoms with van der Waals surface area (Å²) in [5.74, 6) is -0.0794. The molecular weight excluding hydrogens is 543 g/mol. The Morgan fingerprint density at radius 2 is 1.82 bits per heavy atom. The molecule has 0 saturated heterocycles. The summed E-state index contributed by atoms with van der Waals surface area (Å²) in [6, 6.07) is 13.0. The van der Waals surface area contributed by atoms with E-state index in [2.05, 4.69) is 20.3 Å². The molecular formula is C29H21ClF3N5O2. The van der Waals surface area contributed by atoms with Crippen LogP contribution in [0, 0.1) is 6.92 Å². The van der Waals surface area contributed by atoms with Crippen molar-refractivity contribution in [2.45, 2.75) is 13.1 Å². The second-order valence-corrected chi connectivity index (χ2v) is 9.32. The van der Waals surface area contributed by atoms with E-state index in [-0.39, 0.29) is 17.2 Å². The Hall–Kier alpha value is -4.70. The van der Waals surface area contributed by atoms with Crippen LogP contribution in [0.2, 0.25) is 5.02 Å². The van der Waals surface area contributed by atoms with Gasteiger partial charge in [0.1, 0.15) is 5.75 Å². The fraction of sp³-hybridized carbons (Fsp3) is 0.103. The van der Waals surface area contributed by atoms with Crippen molar-refractivity contribution >= 4 is 40.0 Å². The van der Waals surface area contributed by atoms with Crippen molar-refractivity contribution in [3.05, 3.63) is 94.9 Å². The standard InChI is InChI=1S/C29H21ClF3N5O2/c1-15-6-7-16(27(39)37-19-5-3-4-18(12-19)29(31,32)33)10-21(15)22-11-17-13-36-28(34)38-25(17)24(26(22)40-2)20-8-9-35-14-23(20)30/h3-14H,1-2H3,(H,37,39)(H2,34,36,38). The molecule has 0 radical (unpaired) electrons. The van der Waals surface area contributed by atoms with E-state index in [1.165, 1.54) is 25.4 Å². The molecule has 0 aliphatic rings. The number of aryl methyl sites for hydroxylation is 1. The largest absolute Gasteiger partial charge is 0.495 e. The molecule has 7 nitrogen and oxygen atoms in total. The van der Waals surface area contributed by atoms with E-state index < -0.39 is 17.6 Å². The molecule has 2 aromatic heterocycles. The maximum absolute atomic E-state index is 13.1. The van der Waals surface area contributed by atoms with Crippen molar-refractivity contribution in [3.8, 4) is 28.0 Å². The zero-order valence-corrected chi connectivity index (χ0v) is 21.9. The number of amides is 1. The molecule has 40 heavy (non-hydrogen) atoms. The predicted octanol–water partition coefficient (Wildman–Crippen LogP) is 7.18. The van der Waals surface area contributed by atoms with Crippen molar-refractivity contribution in [1.29, 1.82) is 0 Å². The topological polar surface area (TPSA) is 103 Å². The molecule has 2 heterocycles. The van der Waals surface area contributed by atoms with Crippen molar-refractivity contribution in [3.63, 3.8) is 0 Å². The zero-order chi connectivity index (χ0) is 28.6. The first-order valence-corrected chi connectivity index (χ1v) is 12.3. The van der Waals surface area contributed by atoms with Crippen LogP contribution in [0.15, 0.2) is 73.2 Å². The van der Waals surface area contributed by atoms with Gasteiger partial charge in [-0.15, -0.1) is 0 Å². The van der Waals surface area contributed by atoms with Gasteiger partial charge < -0.3 is 15.8 Å². The molecule has 0 saturated carbocycles. The normalized spacial score (nSPS) is 11.4. The van der Waals surface area contributed by atoms with Gasteiger partial charge in [0, 0.05) is 46.4 Å². The van der Waals surface area contributed by atoms with Gasteiger partial charge in [-0.1, -0.05) is 23.7 Å². The van der Waals surface area contributed by atoms with Gasteiger partial charge >= 0.3 is 6.18 Å². The zero-order valence-electron chi connectivity index (χ0n) is 21.2. The average molecular weight is 564 g/mol. The number of pyridine rings is 1. The molecule has 3 aromatic carbocycles. The number of carbonyl (C=O) groups is 1. The first-order chi connectivity index (χ1) is 19.1. The molecule has 11 heteroatoms. The molecule has 0 unspecified atom stereocenters. The number of alkyl halides is 3. The smallest absolute Gasteiger partial charge is 0.416 e. The number of rotatable bonds is 5. The van der Waals surface area contributed by atoms with Gasteiger partial charge in [0.25, 0.3) is 5.91 Å². The van der Waals surface area contributed by atoms with Crippen LogP contribution in [0.3, 0.4) is 0 Å². The Balaban J connectivity index is 1.65. The van der Waals surface area contributed by atoms with Crippen LogP contribution in [0.4, 0.5) is 24.8 Å². The maximum atomic E-state index is 13.1. The van der Waals surface area contributed by atoms with Crippen molar-refractivity contribution < 1.29 is 22.7 Å². The molecule has 0 spiro atoms. The van der Waals surface area contributed by atoms with Crippen LogP contribution < -0.4 is 15.8 Å². The molecule has 0 fully saturated rings. The number of hydrogen-bond donors (Lipinski definition) is 2. The van der Waals surface area contributed by atoms with Gasteiger partial charge in [0.2, 0.25) is 5.95 Å². The van der Waals surface area contributed by atoms with Gasteiger partial charge in [0.05, 0.1) is 28.8 Å². The summed E-state index contributed by atoms with van der Waals surface area (Å²) >= 11 is 6.52. The Morgan fingerprint density at radius 3 is 2.55 bits per heavy atom. The minimum atomic E-state index is -4.53. The highest BCUT2D eigenvalue weighted by Gasteiger charge is 2.30. The number of nitrogens with two attached hydrogens (primary N) is 1. The van der Waals surface area contributed by atoms with Crippen LogP contribution in [-0.4, -0.2) is 28.0 Å². The lowest BCUT2D eigenvalue weighted by molar-refractivity contribution is -0.137. The lowest BCUT2D eigenvalue weighted by atomic mass is 9.91. The summed E-state index contributed by atoms with van der Waals surface area (Å²) in [7, 11) is 1.51. The van der Waals surface area contributed by atoms with Gasteiger partial charge in [-0.25, -0.2) is 9.97 Å². The minimum Gasteiger partial charge on any atom is -0.495 e. The number of fused-ring (bicyclic) bond motifs is 1. The monoisotopic (exact) mass is 563 g/mol. The fourth-order valence-electron chi connectivity index (χ4n) is 4.44. The van der Waals surface area contributed by atoms with E-state index in [4.69, 9.17) is 22.1 Å². The third kappa shape index (κ3) is 5.13. The van der Waals surface area contributed by atoms with Gasteiger partial charge in [-0.05, 0) is 60.5 Å². The SMILES string of the molecule is COc1c(-c2cc(C(=O)Nc3cccc(C(F)(F)F)c3)ccc2C)cc2cnc(N)nc2c1-c1ccncc1Cl. The summed E-state index contributed by atoms with van der Waals surface area (Å²) in [5.41, 5.74) is 9.08. The average Bonchev–Trinajstić information content (AvgIpc) is 2.92. The predicted molar refractivity (Wildman–Crippen MR) is 148 cm³/mol. The molecule has 5 rings (SSSR count). The molecule has 5 aromatic rings. The Bertz CT molecular complexity index is 1780. The van der Waals surface area contributed by atoms with Gasteiger partial charge in [-0.2, -0.15) is 13.2 Å². The number of benzene rings is 3. The lowest BCUT2D eigenvalue weighted by Crippen LogP contribution is -2.13. The van der Waals surface area contributed by atoms with Crippen molar-refractivity contribution in [1.82, 2.24) is 15.0 Å². The van der Waals surface area contributed by atoms with Gasteiger partial charge in [0.15, 0.2) is 0 Å². The minimum absolute atomic E-state index is 0.0228. The third-order valence-electron chi connectivity index (χ3n) is 6.33. The number of ether oxygens (including phenoxy) is 1. The number of halogens is 4. The number of hydrogen-bond acceptors (Lipinski definition) is 6.